The Morgan fingerprint density at radius 2 is 1.81 bits per heavy atom. The molecule has 0 fully saturated rings. The van der Waals surface area contributed by atoms with Crippen LogP contribution in [0, 0.1) is 0 Å². The van der Waals surface area contributed by atoms with Gasteiger partial charge in [-0.05, 0) is 38.2 Å². The van der Waals surface area contributed by atoms with Crippen LogP contribution in [0.2, 0.25) is 0 Å². The molecule has 0 bridgehead atoms. The molecular weight excluding hydrogens is 262 g/mol. The molecule has 1 aliphatic rings. The van der Waals surface area contributed by atoms with Gasteiger partial charge < -0.3 is 5.32 Å². The molecule has 1 aliphatic carbocycles. The molecule has 5 nitrogen and oxygen atoms in total. The highest BCUT2D eigenvalue weighted by Crippen LogP contribution is 2.26. The molecule has 2 heterocycles. The first kappa shape index (κ1) is 13.9. The molecule has 0 unspecified atom stereocenters. The molecule has 0 aliphatic heterocycles. The smallest absolute Gasteiger partial charge is 0.199 e. The lowest BCUT2D eigenvalue weighted by Crippen LogP contribution is -2.11. The zero-order valence-corrected chi connectivity index (χ0v) is 12.5. The van der Waals surface area contributed by atoms with Crippen molar-refractivity contribution in [2.75, 3.05) is 11.9 Å². The Balaban J connectivity index is 2.04. The van der Waals surface area contributed by atoms with Gasteiger partial charge in [-0.15, -0.1) is 0 Å². The fourth-order valence-corrected chi connectivity index (χ4v) is 2.68. The fraction of sp³-hybridized carbons (Fsp3) is 0.500. The van der Waals surface area contributed by atoms with Crippen LogP contribution < -0.4 is 5.32 Å². The van der Waals surface area contributed by atoms with Gasteiger partial charge in [0, 0.05) is 30.2 Å². The monoisotopic (exact) mass is 283 g/mol. The Hall–Kier alpha value is -2.04. The van der Waals surface area contributed by atoms with E-state index in [9.17, 15) is 0 Å². The molecule has 0 aromatic carbocycles. The van der Waals surface area contributed by atoms with Gasteiger partial charge in [0.25, 0.3) is 0 Å². The second-order valence-electron chi connectivity index (χ2n) is 5.38. The molecule has 2 aromatic rings. The number of nitrogens with zero attached hydrogens (tertiary/aromatic N) is 4. The van der Waals surface area contributed by atoms with Crippen LogP contribution in [-0.2, 0) is 12.8 Å². The Bertz CT molecular complexity index is 597. The lowest BCUT2D eigenvalue weighted by atomic mass is 10.1. The number of fused-ring (bicyclic) bond motifs is 1. The topological polar surface area (TPSA) is 63.6 Å². The summed E-state index contributed by atoms with van der Waals surface area (Å²) in [6, 6.07) is 1.81. The zero-order valence-electron chi connectivity index (χ0n) is 12.5. The van der Waals surface area contributed by atoms with Crippen LogP contribution in [0.4, 0.5) is 5.82 Å². The Labute approximate surface area is 125 Å². The van der Waals surface area contributed by atoms with Crippen molar-refractivity contribution in [1.82, 2.24) is 19.9 Å². The molecule has 0 amide bonds. The molecule has 5 heteroatoms. The van der Waals surface area contributed by atoms with Crippen molar-refractivity contribution in [2.24, 2.45) is 0 Å². The highest BCUT2D eigenvalue weighted by Gasteiger charge is 2.18. The van der Waals surface area contributed by atoms with Crippen LogP contribution >= 0.6 is 0 Å². The maximum atomic E-state index is 4.74. The predicted octanol–water partition coefficient (Wildman–Crippen LogP) is 3.02. The summed E-state index contributed by atoms with van der Waals surface area (Å²) in [5.74, 6) is 2.21. The molecule has 110 valence electrons. The summed E-state index contributed by atoms with van der Waals surface area (Å²) in [6.45, 7) is 3.09. The summed E-state index contributed by atoms with van der Waals surface area (Å²) >= 11 is 0. The maximum absolute atomic E-state index is 4.74. The minimum atomic E-state index is 0.601. The van der Waals surface area contributed by atoms with E-state index in [4.69, 9.17) is 4.98 Å². The summed E-state index contributed by atoms with van der Waals surface area (Å²) in [5.41, 5.74) is 2.46. The van der Waals surface area contributed by atoms with Crippen molar-refractivity contribution in [3.63, 3.8) is 0 Å². The first-order chi connectivity index (χ1) is 10.4. The van der Waals surface area contributed by atoms with E-state index in [-0.39, 0.29) is 0 Å². The highest BCUT2D eigenvalue weighted by molar-refractivity contribution is 5.54. The van der Waals surface area contributed by atoms with E-state index in [1.54, 1.807) is 12.4 Å². The van der Waals surface area contributed by atoms with Gasteiger partial charge in [0.15, 0.2) is 11.6 Å². The minimum absolute atomic E-state index is 0.601. The number of anilines is 1. The average Bonchev–Trinajstić information content (AvgIpc) is 2.78. The predicted molar refractivity (Wildman–Crippen MR) is 83.1 cm³/mol. The van der Waals surface area contributed by atoms with Crippen LogP contribution in [0.25, 0.3) is 11.6 Å². The molecule has 21 heavy (non-hydrogen) atoms. The molecular formula is C16H21N5. The summed E-state index contributed by atoms with van der Waals surface area (Å²) in [6.07, 6.45) is 10.3. The van der Waals surface area contributed by atoms with Gasteiger partial charge in [-0.25, -0.2) is 19.9 Å². The summed E-state index contributed by atoms with van der Waals surface area (Å²) in [7, 11) is 0. The fourth-order valence-electron chi connectivity index (χ4n) is 2.68. The average molecular weight is 283 g/mol. The second kappa shape index (κ2) is 6.61. The summed E-state index contributed by atoms with van der Waals surface area (Å²) in [4.78, 5) is 18.0. The van der Waals surface area contributed by atoms with E-state index >= 15 is 0 Å². The number of aromatic nitrogens is 4. The summed E-state index contributed by atoms with van der Waals surface area (Å²) in [5, 5.41) is 3.45. The standard InChI is InChI=1S/C16H21N5/c1-2-9-17-14-12-7-4-3-5-8-13(12)20-16(21-14)15-18-10-6-11-19-15/h6,10-11H,2-5,7-9H2,1H3,(H,17,20,21). The van der Waals surface area contributed by atoms with E-state index < -0.39 is 0 Å². The van der Waals surface area contributed by atoms with Gasteiger partial charge in [-0.3, -0.25) is 0 Å². The minimum Gasteiger partial charge on any atom is -0.370 e. The van der Waals surface area contributed by atoms with Crippen LogP contribution in [0.3, 0.4) is 0 Å². The van der Waals surface area contributed by atoms with Gasteiger partial charge in [0.2, 0.25) is 0 Å². The highest BCUT2D eigenvalue weighted by atomic mass is 15.1. The molecule has 0 saturated carbocycles. The SMILES string of the molecule is CCCNc1nc(-c2ncccn2)nc2c1CCCCC2. The molecule has 0 saturated heterocycles. The second-order valence-corrected chi connectivity index (χ2v) is 5.38. The van der Waals surface area contributed by atoms with Crippen LogP contribution in [-0.4, -0.2) is 26.5 Å². The van der Waals surface area contributed by atoms with Gasteiger partial charge >= 0.3 is 0 Å². The quantitative estimate of drug-likeness (QED) is 0.874. The van der Waals surface area contributed by atoms with Crippen LogP contribution in [0.1, 0.15) is 43.9 Å². The van der Waals surface area contributed by atoms with E-state index in [1.165, 1.54) is 30.5 Å². The molecule has 3 rings (SSSR count). The largest absolute Gasteiger partial charge is 0.370 e. The van der Waals surface area contributed by atoms with Gasteiger partial charge in [0.1, 0.15) is 5.82 Å². The normalized spacial score (nSPS) is 14.3. The van der Waals surface area contributed by atoms with Crippen molar-refractivity contribution in [3.8, 4) is 11.6 Å². The molecule has 0 radical (unpaired) electrons. The third kappa shape index (κ3) is 3.17. The number of rotatable bonds is 4. The van der Waals surface area contributed by atoms with Crippen molar-refractivity contribution >= 4 is 5.82 Å². The Kier molecular flexibility index (Phi) is 4.38. The molecule has 1 N–H and O–H groups in total. The first-order valence-corrected chi connectivity index (χ1v) is 7.79. The van der Waals surface area contributed by atoms with Crippen molar-refractivity contribution in [1.29, 1.82) is 0 Å². The van der Waals surface area contributed by atoms with E-state index in [0.717, 1.165) is 31.6 Å². The zero-order chi connectivity index (χ0) is 14.5. The van der Waals surface area contributed by atoms with Crippen LogP contribution in [0.15, 0.2) is 18.5 Å². The van der Waals surface area contributed by atoms with Crippen molar-refractivity contribution in [2.45, 2.75) is 45.4 Å². The van der Waals surface area contributed by atoms with Crippen molar-refractivity contribution in [3.05, 3.63) is 29.7 Å². The first-order valence-electron chi connectivity index (χ1n) is 7.79. The number of aryl methyl sites for hydroxylation is 1. The van der Waals surface area contributed by atoms with Gasteiger partial charge in [-0.1, -0.05) is 13.3 Å². The van der Waals surface area contributed by atoms with Crippen molar-refractivity contribution < 1.29 is 0 Å². The molecule has 0 atom stereocenters. The lowest BCUT2D eigenvalue weighted by Gasteiger charge is -2.14. The third-order valence-corrected chi connectivity index (χ3v) is 3.74. The lowest BCUT2D eigenvalue weighted by molar-refractivity contribution is 0.709. The number of hydrogen-bond donors (Lipinski definition) is 1. The van der Waals surface area contributed by atoms with E-state index in [1.807, 2.05) is 6.07 Å². The van der Waals surface area contributed by atoms with Gasteiger partial charge in [-0.2, -0.15) is 0 Å². The molecule has 0 spiro atoms. The van der Waals surface area contributed by atoms with Gasteiger partial charge in [0.05, 0.1) is 0 Å². The number of hydrogen-bond acceptors (Lipinski definition) is 5. The Morgan fingerprint density at radius 1 is 1.00 bits per heavy atom. The van der Waals surface area contributed by atoms with E-state index in [0.29, 0.717) is 11.6 Å². The third-order valence-electron chi connectivity index (χ3n) is 3.74. The number of nitrogens with one attached hydrogen (secondary N) is 1. The Morgan fingerprint density at radius 3 is 2.62 bits per heavy atom. The summed E-state index contributed by atoms with van der Waals surface area (Å²) < 4.78 is 0. The molecule has 2 aromatic heterocycles. The maximum Gasteiger partial charge on any atom is 0.199 e. The van der Waals surface area contributed by atoms with Crippen LogP contribution in [0.5, 0.6) is 0 Å². The van der Waals surface area contributed by atoms with E-state index in [2.05, 4.69) is 27.2 Å².